The van der Waals surface area contributed by atoms with Crippen molar-refractivity contribution in [2.45, 2.75) is 0 Å². The zero-order valence-corrected chi connectivity index (χ0v) is 29.2. The van der Waals surface area contributed by atoms with E-state index in [1.54, 1.807) is 6.20 Å². The van der Waals surface area contributed by atoms with Gasteiger partial charge in [-0.25, -0.2) is 9.97 Å². The summed E-state index contributed by atoms with van der Waals surface area (Å²) in [6.07, 6.45) is 3.71. The average molecular weight is 686 g/mol. The predicted octanol–water partition coefficient (Wildman–Crippen LogP) is 13.4. The highest BCUT2D eigenvalue weighted by Gasteiger charge is 2.17. The Kier molecular flexibility index (Phi) is 6.86. The molecule has 0 aliphatic rings. The van der Waals surface area contributed by atoms with Crippen LogP contribution < -0.4 is 0 Å². The van der Waals surface area contributed by atoms with E-state index in [1.165, 1.54) is 59.4 Å². The molecule has 0 saturated carbocycles. The molecule has 0 unspecified atom stereocenters. The van der Waals surface area contributed by atoms with Gasteiger partial charge in [0.25, 0.3) is 0 Å². The summed E-state index contributed by atoms with van der Waals surface area (Å²) in [5.74, 6) is 0.690. The van der Waals surface area contributed by atoms with Crippen molar-refractivity contribution < 1.29 is 0 Å². The molecule has 0 radical (unpaired) electrons. The number of nitrogens with zero attached hydrogens (tertiary/aromatic N) is 3. The summed E-state index contributed by atoms with van der Waals surface area (Å²) in [5.41, 5.74) is 9.38. The fourth-order valence-corrected chi connectivity index (χ4v) is 8.30. The number of hydrogen-bond acceptors (Lipinski definition) is 3. The van der Waals surface area contributed by atoms with Crippen molar-refractivity contribution in [2.24, 2.45) is 0 Å². The van der Waals surface area contributed by atoms with Gasteiger partial charge in [-0.3, -0.25) is 4.98 Å². The maximum absolute atomic E-state index is 5.33. The van der Waals surface area contributed by atoms with Gasteiger partial charge in [0, 0.05) is 34.6 Å². The summed E-state index contributed by atoms with van der Waals surface area (Å²) in [4.78, 5) is 15.0. The van der Waals surface area contributed by atoms with Crippen LogP contribution in [0, 0.1) is 0 Å². The van der Waals surface area contributed by atoms with Crippen molar-refractivity contribution in [3.05, 3.63) is 188 Å². The van der Waals surface area contributed by atoms with Crippen LogP contribution in [0.2, 0.25) is 0 Å². The molecule has 250 valence electrons. The molecule has 0 amide bonds. The Morgan fingerprint density at radius 3 is 1.80 bits per heavy atom. The second-order valence-corrected chi connectivity index (χ2v) is 14.0. The fourth-order valence-electron chi connectivity index (χ4n) is 8.30. The Bertz CT molecular complexity index is 3190. The maximum atomic E-state index is 5.33. The Morgan fingerprint density at radius 1 is 0.315 bits per heavy atom. The third-order valence-corrected chi connectivity index (χ3v) is 10.9. The largest absolute Gasteiger partial charge is 0.264 e. The van der Waals surface area contributed by atoms with Crippen LogP contribution >= 0.6 is 0 Å². The van der Waals surface area contributed by atoms with Crippen LogP contribution in [-0.4, -0.2) is 15.0 Å². The smallest absolute Gasteiger partial charge is 0.160 e. The van der Waals surface area contributed by atoms with Crippen LogP contribution in [0.4, 0.5) is 0 Å². The highest BCUT2D eigenvalue weighted by atomic mass is 14.9. The molecule has 2 aromatic heterocycles. The van der Waals surface area contributed by atoms with Gasteiger partial charge in [0.05, 0.1) is 11.4 Å². The summed E-state index contributed by atoms with van der Waals surface area (Å²) in [6, 6.07) is 63.1. The highest BCUT2D eigenvalue weighted by Crippen LogP contribution is 2.41. The van der Waals surface area contributed by atoms with E-state index in [9.17, 15) is 0 Å². The van der Waals surface area contributed by atoms with E-state index in [-0.39, 0.29) is 0 Å². The van der Waals surface area contributed by atoms with E-state index in [4.69, 9.17) is 9.97 Å². The monoisotopic (exact) mass is 685 g/mol. The molecule has 0 aliphatic heterocycles. The number of pyridine rings is 1. The van der Waals surface area contributed by atoms with Gasteiger partial charge in [0.15, 0.2) is 5.82 Å². The lowest BCUT2D eigenvalue weighted by atomic mass is 9.91. The summed E-state index contributed by atoms with van der Waals surface area (Å²) in [6.45, 7) is 0. The molecule has 3 nitrogen and oxygen atoms in total. The van der Waals surface area contributed by atoms with Gasteiger partial charge in [-0.2, -0.15) is 0 Å². The highest BCUT2D eigenvalue weighted by molar-refractivity contribution is 6.25. The number of hydrogen-bond donors (Lipinski definition) is 0. The molecule has 0 aliphatic carbocycles. The van der Waals surface area contributed by atoms with Crippen LogP contribution in [0.3, 0.4) is 0 Å². The molecule has 0 N–H and O–H groups in total. The van der Waals surface area contributed by atoms with E-state index >= 15 is 0 Å². The third-order valence-electron chi connectivity index (χ3n) is 10.9. The lowest BCUT2D eigenvalue weighted by Crippen LogP contribution is -1.97. The van der Waals surface area contributed by atoms with Crippen molar-refractivity contribution >= 4 is 53.9 Å². The second kappa shape index (κ2) is 12.2. The van der Waals surface area contributed by atoms with E-state index in [0.29, 0.717) is 5.82 Å². The molecule has 0 saturated heterocycles. The van der Waals surface area contributed by atoms with Gasteiger partial charge in [-0.15, -0.1) is 0 Å². The molecule has 11 rings (SSSR count). The summed E-state index contributed by atoms with van der Waals surface area (Å²) >= 11 is 0. The van der Waals surface area contributed by atoms with Gasteiger partial charge < -0.3 is 0 Å². The Labute approximate surface area is 312 Å². The van der Waals surface area contributed by atoms with Gasteiger partial charge in [0.2, 0.25) is 0 Å². The van der Waals surface area contributed by atoms with Gasteiger partial charge in [-0.05, 0) is 94.8 Å². The molecule has 0 bridgehead atoms. The SMILES string of the molecule is c1cncc(-c2cccc(-c3cc(-c4ccc5ccc6cccc7ccc4c5c67)nc(-c4ccc(-c5cc6ccccc6c6ccccc56)cc4)n3)c2)c1. The molecular formula is C51H31N3. The molecule has 2 heterocycles. The molecule has 0 fully saturated rings. The van der Waals surface area contributed by atoms with Crippen LogP contribution in [-0.2, 0) is 0 Å². The fraction of sp³-hybridized carbons (Fsp3) is 0. The molecule has 54 heavy (non-hydrogen) atoms. The first-order valence-electron chi connectivity index (χ1n) is 18.3. The van der Waals surface area contributed by atoms with Crippen molar-refractivity contribution in [1.82, 2.24) is 15.0 Å². The summed E-state index contributed by atoms with van der Waals surface area (Å²) in [5, 5.41) is 12.5. The first-order valence-corrected chi connectivity index (χ1v) is 18.3. The van der Waals surface area contributed by atoms with Gasteiger partial charge >= 0.3 is 0 Å². The zero-order chi connectivity index (χ0) is 35.6. The Morgan fingerprint density at radius 2 is 0.963 bits per heavy atom. The second-order valence-electron chi connectivity index (χ2n) is 14.0. The number of aromatic nitrogens is 3. The van der Waals surface area contributed by atoms with E-state index in [0.717, 1.165) is 44.8 Å². The number of fused-ring (bicyclic) bond motifs is 3. The zero-order valence-electron chi connectivity index (χ0n) is 29.2. The summed E-state index contributed by atoms with van der Waals surface area (Å²) < 4.78 is 0. The van der Waals surface area contributed by atoms with E-state index < -0.39 is 0 Å². The lowest BCUT2D eigenvalue weighted by Gasteiger charge is -2.15. The van der Waals surface area contributed by atoms with Crippen molar-refractivity contribution in [1.29, 1.82) is 0 Å². The minimum Gasteiger partial charge on any atom is -0.264 e. The molecule has 11 aromatic rings. The molecular weight excluding hydrogens is 655 g/mol. The predicted molar refractivity (Wildman–Crippen MR) is 226 cm³/mol. The Balaban J connectivity index is 1.10. The molecule has 0 atom stereocenters. The molecule has 0 spiro atoms. The quantitative estimate of drug-likeness (QED) is 0.169. The summed E-state index contributed by atoms with van der Waals surface area (Å²) in [7, 11) is 0. The van der Waals surface area contributed by atoms with E-state index in [2.05, 4.69) is 175 Å². The first kappa shape index (κ1) is 30.4. The van der Waals surface area contributed by atoms with Gasteiger partial charge in [0.1, 0.15) is 0 Å². The van der Waals surface area contributed by atoms with Crippen LogP contribution in [0.15, 0.2) is 188 Å². The standard InChI is InChI=1S/C51H31N3/c1-2-14-41-38(8-1)29-46(43-16-4-3-15-42(41)43)32-17-21-36(22-18-32)51-53-47(39-12-6-11-37(28-39)40-13-7-27-52-31-40)30-48(54-51)44-25-23-35-20-19-33-9-5-10-34-24-26-45(44)50(35)49(33)34/h1-31H. The van der Waals surface area contributed by atoms with Crippen LogP contribution in [0.25, 0.3) is 110 Å². The van der Waals surface area contributed by atoms with Gasteiger partial charge in [-0.1, -0.05) is 152 Å². The molecule has 9 aromatic carbocycles. The average Bonchev–Trinajstić information content (AvgIpc) is 3.25. The van der Waals surface area contributed by atoms with Crippen LogP contribution in [0.5, 0.6) is 0 Å². The number of rotatable bonds is 5. The Hall–Kier alpha value is -7.23. The minimum absolute atomic E-state index is 0.690. The number of benzene rings is 9. The van der Waals surface area contributed by atoms with E-state index in [1.807, 2.05) is 12.3 Å². The topological polar surface area (TPSA) is 38.7 Å². The van der Waals surface area contributed by atoms with Crippen molar-refractivity contribution in [3.8, 4) is 56.2 Å². The van der Waals surface area contributed by atoms with Crippen LogP contribution in [0.1, 0.15) is 0 Å². The normalized spacial score (nSPS) is 11.7. The minimum atomic E-state index is 0.690. The molecule has 3 heteroatoms. The van der Waals surface area contributed by atoms with Crippen molar-refractivity contribution in [2.75, 3.05) is 0 Å². The van der Waals surface area contributed by atoms with Crippen molar-refractivity contribution in [3.63, 3.8) is 0 Å². The first-order chi connectivity index (χ1) is 26.7. The maximum Gasteiger partial charge on any atom is 0.160 e. The third kappa shape index (κ3) is 4.94. The lowest BCUT2D eigenvalue weighted by molar-refractivity contribution is 1.19.